The first-order chi connectivity index (χ1) is 12.8. The highest BCUT2D eigenvalue weighted by Gasteiger charge is 2.52. The average Bonchev–Trinajstić information content (AvgIpc) is 2.85. The van der Waals surface area contributed by atoms with Crippen LogP contribution in [-0.2, 0) is 16.1 Å². The van der Waals surface area contributed by atoms with Crippen LogP contribution in [0.5, 0.6) is 0 Å². The second-order valence-electron chi connectivity index (χ2n) is 6.91. The Balaban J connectivity index is 1.76. The van der Waals surface area contributed by atoms with Gasteiger partial charge in [-0.05, 0) is 32.3 Å². The number of hydrogen-bond acceptors (Lipinski definition) is 6. The summed E-state index contributed by atoms with van der Waals surface area (Å²) in [6.07, 6.45) is 3.72. The number of carbonyl (C=O) groups is 3. The zero-order valence-corrected chi connectivity index (χ0v) is 15.2. The third kappa shape index (κ3) is 3.16. The molecule has 3 rings (SSSR count). The van der Waals surface area contributed by atoms with E-state index >= 15 is 0 Å². The standard InChI is InChI=1S/C17H20N6O4/c1-10-11(2)20-22(14(25)12(10)8-18)9-13(24)21-23-15(26)17(19-16(23)27)6-4-3-5-7-17/h3-7,9H2,1-2H3,(H,19,27)(H,21,24). The van der Waals surface area contributed by atoms with E-state index in [-0.39, 0.29) is 5.56 Å². The molecule has 0 radical (unpaired) electrons. The van der Waals surface area contributed by atoms with Gasteiger partial charge in [-0.3, -0.25) is 19.8 Å². The zero-order chi connectivity index (χ0) is 19.8. The molecule has 0 bridgehead atoms. The number of nitrogens with one attached hydrogen (secondary N) is 2. The average molecular weight is 372 g/mol. The fraction of sp³-hybridized carbons (Fsp3) is 0.529. The largest absolute Gasteiger partial charge is 0.344 e. The summed E-state index contributed by atoms with van der Waals surface area (Å²) in [5.41, 5.74) is 1.40. The van der Waals surface area contributed by atoms with Gasteiger partial charge in [-0.15, -0.1) is 0 Å². The molecule has 1 saturated carbocycles. The van der Waals surface area contributed by atoms with Crippen molar-refractivity contribution >= 4 is 17.8 Å². The Morgan fingerprint density at radius 3 is 2.56 bits per heavy atom. The lowest BCUT2D eigenvalue weighted by Gasteiger charge is -2.30. The van der Waals surface area contributed by atoms with Crippen LogP contribution in [0.4, 0.5) is 4.79 Å². The van der Waals surface area contributed by atoms with E-state index < -0.39 is 35.5 Å². The molecule has 1 aliphatic heterocycles. The molecule has 0 unspecified atom stereocenters. The van der Waals surface area contributed by atoms with Crippen molar-refractivity contribution in [2.45, 2.75) is 58.0 Å². The van der Waals surface area contributed by atoms with Gasteiger partial charge in [-0.2, -0.15) is 15.4 Å². The van der Waals surface area contributed by atoms with Crippen molar-refractivity contribution in [3.8, 4) is 6.07 Å². The molecule has 4 amide bonds. The predicted molar refractivity (Wildman–Crippen MR) is 92.0 cm³/mol. The third-order valence-corrected chi connectivity index (χ3v) is 5.15. The van der Waals surface area contributed by atoms with Gasteiger partial charge in [-0.1, -0.05) is 19.3 Å². The molecule has 10 nitrogen and oxygen atoms in total. The van der Waals surface area contributed by atoms with Crippen LogP contribution in [0.15, 0.2) is 4.79 Å². The molecular formula is C17H20N6O4. The first-order valence-electron chi connectivity index (χ1n) is 8.74. The molecule has 0 atom stereocenters. The van der Waals surface area contributed by atoms with Crippen molar-refractivity contribution in [3.63, 3.8) is 0 Å². The van der Waals surface area contributed by atoms with Gasteiger partial charge in [0.05, 0.1) is 5.69 Å². The van der Waals surface area contributed by atoms with Crippen LogP contribution in [-0.4, -0.2) is 38.2 Å². The Morgan fingerprint density at radius 2 is 1.93 bits per heavy atom. The van der Waals surface area contributed by atoms with Gasteiger partial charge in [0.2, 0.25) is 0 Å². The molecule has 2 heterocycles. The zero-order valence-electron chi connectivity index (χ0n) is 15.2. The molecule has 1 saturated heterocycles. The minimum Gasteiger partial charge on any atom is -0.322 e. The minimum atomic E-state index is -0.952. The summed E-state index contributed by atoms with van der Waals surface area (Å²) in [6, 6.07) is 1.12. The van der Waals surface area contributed by atoms with E-state index in [4.69, 9.17) is 5.26 Å². The lowest BCUT2D eigenvalue weighted by molar-refractivity contribution is -0.140. The predicted octanol–water partition coefficient (Wildman–Crippen LogP) is 0.0177. The van der Waals surface area contributed by atoms with E-state index in [1.54, 1.807) is 13.8 Å². The van der Waals surface area contributed by atoms with Gasteiger partial charge in [0.25, 0.3) is 17.4 Å². The molecule has 10 heteroatoms. The first-order valence-corrected chi connectivity index (χ1v) is 8.74. The first kappa shape index (κ1) is 18.6. The number of aromatic nitrogens is 2. The Labute approximate surface area is 155 Å². The normalized spacial score (nSPS) is 18.3. The summed E-state index contributed by atoms with van der Waals surface area (Å²) in [4.78, 5) is 49.4. The van der Waals surface area contributed by atoms with E-state index in [9.17, 15) is 19.2 Å². The van der Waals surface area contributed by atoms with Gasteiger partial charge in [0, 0.05) is 0 Å². The van der Waals surface area contributed by atoms with E-state index in [0.717, 1.165) is 23.9 Å². The Morgan fingerprint density at radius 1 is 1.26 bits per heavy atom. The van der Waals surface area contributed by atoms with E-state index in [1.165, 1.54) is 0 Å². The summed E-state index contributed by atoms with van der Waals surface area (Å²) in [5, 5.41) is 16.5. The highest BCUT2D eigenvalue weighted by Crippen LogP contribution is 2.32. The van der Waals surface area contributed by atoms with Gasteiger partial charge < -0.3 is 5.32 Å². The third-order valence-electron chi connectivity index (χ3n) is 5.15. The maximum Gasteiger partial charge on any atom is 0.344 e. The van der Waals surface area contributed by atoms with Crippen LogP contribution in [0.1, 0.15) is 48.9 Å². The van der Waals surface area contributed by atoms with E-state index in [2.05, 4.69) is 15.8 Å². The Bertz CT molecular complexity index is 923. The highest BCUT2D eigenvalue weighted by atomic mass is 16.2. The molecule has 2 fully saturated rings. The van der Waals surface area contributed by atoms with Crippen LogP contribution in [0.2, 0.25) is 0 Å². The van der Waals surface area contributed by atoms with Crippen LogP contribution in [0, 0.1) is 25.2 Å². The molecule has 2 N–H and O–H groups in total. The van der Waals surface area contributed by atoms with Gasteiger partial charge in [0.1, 0.15) is 23.7 Å². The number of hydrogen-bond donors (Lipinski definition) is 2. The summed E-state index contributed by atoms with van der Waals surface area (Å²) >= 11 is 0. The quantitative estimate of drug-likeness (QED) is 0.718. The lowest BCUT2D eigenvalue weighted by Crippen LogP contribution is -2.51. The number of urea groups is 1. The number of carbonyl (C=O) groups excluding carboxylic acids is 3. The van der Waals surface area contributed by atoms with E-state index in [0.29, 0.717) is 29.1 Å². The Hall–Kier alpha value is -3.22. The number of hydrazine groups is 1. The van der Waals surface area contributed by atoms with Crippen molar-refractivity contribution in [1.29, 1.82) is 5.26 Å². The smallest absolute Gasteiger partial charge is 0.322 e. The Kier molecular flexibility index (Phi) is 4.70. The summed E-state index contributed by atoms with van der Waals surface area (Å²) < 4.78 is 0.852. The monoisotopic (exact) mass is 372 g/mol. The highest BCUT2D eigenvalue weighted by molar-refractivity contribution is 6.07. The van der Waals surface area contributed by atoms with Gasteiger partial charge in [-0.25, -0.2) is 9.48 Å². The molecular weight excluding hydrogens is 352 g/mol. The van der Waals surface area contributed by atoms with Crippen molar-refractivity contribution in [3.05, 3.63) is 27.2 Å². The minimum absolute atomic E-state index is 0.0912. The van der Waals surface area contributed by atoms with Crippen molar-refractivity contribution in [1.82, 2.24) is 25.5 Å². The number of rotatable bonds is 3. The van der Waals surface area contributed by atoms with Crippen LogP contribution < -0.4 is 16.3 Å². The summed E-state index contributed by atoms with van der Waals surface area (Å²) in [6.45, 7) is 2.70. The fourth-order valence-corrected chi connectivity index (χ4v) is 3.52. The number of nitrogens with zero attached hydrogens (tertiary/aromatic N) is 4. The second-order valence-corrected chi connectivity index (χ2v) is 6.91. The van der Waals surface area contributed by atoms with Gasteiger partial charge >= 0.3 is 6.03 Å². The van der Waals surface area contributed by atoms with Crippen LogP contribution in [0.3, 0.4) is 0 Å². The summed E-state index contributed by atoms with van der Waals surface area (Å²) in [7, 11) is 0. The number of imide groups is 1. The van der Waals surface area contributed by atoms with Crippen LogP contribution >= 0.6 is 0 Å². The molecule has 0 aromatic carbocycles. The fourth-order valence-electron chi connectivity index (χ4n) is 3.52. The molecule has 27 heavy (non-hydrogen) atoms. The SMILES string of the molecule is Cc1nn(CC(=O)NN2C(=O)NC3(CCCCC3)C2=O)c(=O)c(C#N)c1C. The van der Waals surface area contributed by atoms with Crippen molar-refractivity contribution in [2.75, 3.05) is 0 Å². The molecule has 1 aliphatic carbocycles. The van der Waals surface area contributed by atoms with Crippen molar-refractivity contribution < 1.29 is 14.4 Å². The number of amides is 4. The van der Waals surface area contributed by atoms with Gasteiger partial charge in [0.15, 0.2) is 0 Å². The topological polar surface area (TPSA) is 137 Å². The lowest BCUT2D eigenvalue weighted by atomic mass is 9.82. The van der Waals surface area contributed by atoms with E-state index in [1.807, 2.05) is 6.07 Å². The van der Waals surface area contributed by atoms with Crippen LogP contribution in [0.25, 0.3) is 0 Å². The molecule has 1 aromatic rings. The maximum atomic E-state index is 12.6. The molecule has 142 valence electrons. The second kappa shape index (κ2) is 6.83. The maximum absolute atomic E-state index is 12.6. The summed E-state index contributed by atoms with van der Waals surface area (Å²) in [5.74, 6) is -1.24. The molecule has 2 aliphatic rings. The van der Waals surface area contributed by atoms with Crippen molar-refractivity contribution in [2.24, 2.45) is 0 Å². The number of nitriles is 1. The number of aryl methyl sites for hydroxylation is 1. The molecule has 1 spiro atoms. The molecule has 1 aromatic heterocycles.